The summed E-state index contributed by atoms with van der Waals surface area (Å²) in [5, 5.41) is 14.8. The maximum absolute atomic E-state index is 5.99. The Hall–Kier alpha value is -2.26. The molecule has 8 nitrogen and oxygen atoms in total. The van der Waals surface area contributed by atoms with Crippen LogP contribution in [0.25, 0.3) is 11.0 Å². The van der Waals surface area contributed by atoms with Gasteiger partial charge in [0, 0.05) is 12.1 Å². The number of anilines is 3. The Morgan fingerprint density at radius 1 is 1.25 bits per heavy atom. The van der Waals surface area contributed by atoms with Crippen molar-refractivity contribution in [1.82, 2.24) is 24.5 Å². The molecule has 9 heteroatoms. The zero-order chi connectivity index (χ0) is 16.5. The van der Waals surface area contributed by atoms with Crippen molar-refractivity contribution in [3.8, 4) is 0 Å². The Morgan fingerprint density at radius 2 is 2.08 bits per heavy atom. The quantitative estimate of drug-likeness (QED) is 0.574. The third-order valence-electron chi connectivity index (χ3n) is 4.28. The number of hydrogen-bond donors (Lipinski definition) is 4. The van der Waals surface area contributed by atoms with Crippen LogP contribution >= 0.6 is 11.5 Å². The average molecular weight is 344 g/mol. The molecular weight excluding hydrogens is 324 g/mol. The molecular formula is C15H20N8S. The smallest absolute Gasteiger partial charge is 0.230 e. The molecule has 0 atom stereocenters. The summed E-state index contributed by atoms with van der Waals surface area (Å²) in [4.78, 5) is 9.14. The lowest BCUT2D eigenvalue weighted by Crippen LogP contribution is -2.33. The summed E-state index contributed by atoms with van der Waals surface area (Å²) in [5.74, 6) is 1.32. The topological polar surface area (TPSA) is 117 Å². The van der Waals surface area contributed by atoms with Crippen LogP contribution in [0.5, 0.6) is 0 Å². The summed E-state index contributed by atoms with van der Waals surface area (Å²) < 4.78 is 4.27. The number of aryl methyl sites for hydroxylation is 1. The molecule has 0 saturated heterocycles. The zero-order valence-corrected chi connectivity index (χ0v) is 14.2. The number of aromatic nitrogens is 5. The van der Waals surface area contributed by atoms with Crippen molar-refractivity contribution < 1.29 is 0 Å². The molecule has 126 valence electrons. The molecule has 0 aliphatic heterocycles. The van der Waals surface area contributed by atoms with E-state index < -0.39 is 0 Å². The molecule has 1 aliphatic carbocycles. The Morgan fingerprint density at radius 3 is 2.83 bits per heavy atom. The van der Waals surface area contributed by atoms with Crippen LogP contribution in [0, 0.1) is 6.92 Å². The van der Waals surface area contributed by atoms with Crippen LogP contribution in [-0.4, -0.2) is 36.6 Å². The number of nitrogens with two attached hydrogens (primary N) is 1. The first-order chi connectivity index (χ1) is 11.7. The Bertz CT molecular complexity index is 833. The highest BCUT2D eigenvalue weighted by Gasteiger charge is 2.20. The van der Waals surface area contributed by atoms with Crippen molar-refractivity contribution in [1.29, 1.82) is 0 Å². The van der Waals surface area contributed by atoms with Crippen LogP contribution in [0.3, 0.4) is 0 Å². The predicted molar refractivity (Wildman–Crippen MR) is 95.7 cm³/mol. The predicted octanol–water partition coefficient (Wildman–Crippen LogP) is 2.54. The van der Waals surface area contributed by atoms with E-state index in [4.69, 9.17) is 5.73 Å². The van der Waals surface area contributed by atoms with Gasteiger partial charge in [-0.05, 0) is 50.2 Å². The molecule has 0 aromatic carbocycles. The van der Waals surface area contributed by atoms with Crippen molar-refractivity contribution >= 4 is 39.3 Å². The van der Waals surface area contributed by atoms with Crippen molar-refractivity contribution in [2.24, 2.45) is 5.73 Å². The van der Waals surface area contributed by atoms with Gasteiger partial charge in [0.25, 0.3) is 0 Å². The number of aromatic amines is 1. The van der Waals surface area contributed by atoms with Crippen molar-refractivity contribution in [3.05, 3.63) is 18.0 Å². The molecule has 3 heterocycles. The van der Waals surface area contributed by atoms with Crippen molar-refractivity contribution in [2.75, 3.05) is 10.6 Å². The number of hydrogen-bond acceptors (Lipinski definition) is 8. The molecule has 1 saturated carbocycles. The van der Waals surface area contributed by atoms with E-state index in [2.05, 4.69) is 35.2 Å². The number of H-pyrrole nitrogens is 1. The summed E-state index contributed by atoms with van der Waals surface area (Å²) in [6.45, 7) is 1.96. The fourth-order valence-corrected chi connectivity index (χ4v) is 3.64. The van der Waals surface area contributed by atoms with Gasteiger partial charge in [-0.1, -0.05) is 0 Å². The second-order valence-corrected chi connectivity index (χ2v) is 7.04. The molecule has 0 bridgehead atoms. The lowest BCUT2D eigenvalue weighted by Gasteiger charge is -2.27. The van der Waals surface area contributed by atoms with Gasteiger partial charge in [0.1, 0.15) is 16.0 Å². The van der Waals surface area contributed by atoms with Gasteiger partial charge < -0.3 is 16.4 Å². The van der Waals surface area contributed by atoms with Gasteiger partial charge in [0.05, 0.1) is 11.9 Å². The second-order valence-electron chi connectivity index (χ2n) is 6.24. The van der Waals surface area contributed by atoms with Gasteiger partial charge in [-0.3, -0.25) is 5.10 Å². The summed E-state index contributed by atoms with van der Waals surface area (Å²) >= 11 is 1.39. The fraction of sp³-hybridized carbons (Fsp3) is 0.467. The number of nitrogens with zero attached hydrogens (tertiary/aromatic N) is 4. The summed E-state index contributed by atoms with van der Waals surface area (Å²) in [6, 6.07) is 2.68. The molecule has 1 aliphatic rings. The van der Waals surface area contributed by atoms with Crippen LogP contribution in [0.1, 0.15) is 31.4 Å². The minimum atomic E-state index is 0.326. The Labute approximate surface area is 143 Å². The summed E-state index contributed by atoms with van der Waals surface area (Å²) in [5.41, 5.74) is 8.58. The van der Waals surface area contributed by atoms with Crippen LogP contribution in [0.15, 0.2) is 12.3 Å². The fourth-order valence-electron chi connectivity index (χ4n) is 2.99. The van der Waals surface area contributed by atoms with Gasteiger partial charge in [0.15, 0.2) is 5.82 Å². The maximum Gasteiger partial charge on any atom is 0.230 e. The second kappa shape index (κ2) is 6.33. The van der Waals surface area contributed by atoms with E-state index in [0.717, 1.165) is 53.2 Å². The highest BCUT2D eigenvalue weighted by Crippen LogP contribution is 2.26. The number of nitrogens with one attached hydrogen (secondary N) is 3. The first-order valence-corrected chi connectivity index (χ1v) is 8.88. The monoisotopic (exact) mass is 344 g/mol. The minimum absolute atomic E-state index is 0.326. The summed E-state index contributed by atoms with van der Waals surface area (Å²) in [7, 11) is 0. The maximum atomic E-state index is 5.99. The third-order valence-corrected chi connectivity index (χ3v) is 5.07. The molecule has 24 heavy (non-hydrogen) atoms. The molecule has 3 aromatic heterocycles. The highest BCUT2D eigenvalue weighted by atomic mass is 32.1. The molecule has 0 amide bonds. The molecule has 3 aromatic rings. The first-order valence-electron chi connectivity index (χ1n) is 8.11. The minimum Gasteiger partial charge on any atom is -0.365 e. The largest absolute Gasteiger partial charge is 0.365 e. The zero-order valence-electron chi connectivity index (χ0n) is 13.4. The molecule has 0 unspecified atom stereocenters. The van der Waals surface area contributed by atoms with Gasteiger partial charge in [-0.15, -0.1) is 0 Å². The highest BCUT2D eigenvalue weighted by molar-refractivity contribution is 7.10. The SMILES string of the molecule is Cc1cc(Nc2nc(N[C@H]3CC[C@H](N)CC3)c3[nH]ncc3n2)sn1. The number of fused-ring (bicyclic) bond motifs is 1. The Kier molecular flexibility index (Phi) is 4.03. The lowest BCUT2D eigenvalue weighted by atomic mass is 9.92. The van der Waals surface area contributed by atoms with E-state index in [-0.39, 0.29) is 0 Å². The van der Waals surface area contributed by atoms with Crippen molar-refractivity contribution in [2.45, 2.75) is 44.7 Å². The lowest BCUT2D eigenvalue weighted by molar-refractivity contribution is 0.410. The third kappa shape index (κ3) is 3.17. The van der Waals surface area contributed by atoms with Gasteiger partial charge >= 0.3 is 0 Å². The van der Waals surface area contributed by atoms with E-state index in [1.54, 1.807) is 6.20 Å². The van der Waals surface area contributed by atoms with E-state index in [1.165, 1.54) is 11.5 Å². The van der Waals surface area contributed by atoms with E-state index >= 15 is 0 Å². The normalized spacial score (nSPS) is 21.1. The molecule has 0 spiro atoms. The van der Waals surface area contributed by atoms with E-state index in [9.17, 15) is 0 Å². The molecule has 4 rings (SSSR count). The standard InChI is InChI=1S/C15H20N8S/c1-8-6-12(24-23-8)20-15-19-11-7-17-22-13(11)14(21-15)18-10-4-2-9(16)3-5-10/h6-7,9-10H,2-5,16H2,1H3,(H,17,22)(H2,18,19,20,21)/t9-,10-. The Balaban J connectivity index is 1.60. The van der Waals surface area contributed by atoms with Crippen LogP contribution < -0.4 is 16.4 Å². The number of rotatable bonds is 4. The van der Waals surface area contributed by atoms with Gasteiger partial charge in [-0.2, -0.15) is 14.5 Å². The van der Waals surface area contributed by atoms with Crippen LogP contribution in [0.2, 0.25) is 0 Å². The van der Waals surface area contributed by atoms with Crippen LogP contribution in [-0.2, 0) is 0 Å². The molecule has 1 fully saturated rings. The average Bonchev–Trinajstić information content (AvgIpc) is 3.19. The first kappa shape index (κ1) is 15.3. The van der Waals surface area contributed by atoms with Gasteiger partial charge in [0.2, 0.25) is 5.95 Å². The van der Waals surface area contributed by atoms with E-state index in [0.29, 0.717) is 18.0 Å². The van der Waals surface area contributed by atoms with Gasteiger partial charge in [-0.25, -0.2) is 4.98 Å². The van der Waals surface area contributed by atoms with Crippen molar-refractivity contribution in [3.63, 3.8) is 0 Å². The summed E-state index contributed by atoms with van der Waals surface area (Å²) in [6.07, 6.45) is 5.90. The van der Waals surface area contributed by atoms with Crippen LogP contribution in [0.4, 0.5) is 16.8 Å². The molecule has 5 N–H and O–H groups in total. The molecule has 0 radical (unpaired) electrons. The van der Waals surface area contributed by atoms with E-state index in [1.807, 2.05) is 13.0 Å².